The number of nitrogens with zero attached hydrogens (tertiary/aromatic N) is 2. The van der Waals surface area contributed by atoms with E-state index in [0.29, 0.717) is 19.1 Å². The molecular formula is C25H29N3O2. The Morgan fingerprint density at radius 1 is 1.07 bits per heavy atom. The molecule has 0 spiro atoms. The number of urea groups is 1. The molecule has 2 heterocycles. The highest BCUT2D eigenvalue weighted by Gasteiger charge is 2.32. The molecule has 156 valence electrons. The van der Waals surface area contributed by atoms with Gasteiger partial charge in [0, 0.05) is 30.7 Å². The average Bonchev–Trinajstić information content (AvgIpc) is 3.23. The van der Waals surface area contributed by atoms with Crippen molar-refractivity contribution in [3.8, 4) is 5.75 Å². The van der Waals surface area contributed by atoms with E-state index in [-0.39, 0.29) is 12.1 Å². The maximum atomic E-state index is 13.3. The van der Waals surface area contributed by atoms with Gasteiger partial charge in [-0.2, -0.15) is 0 Å². The molecule has 1 atom stereocenters. The van der Waals surface area contributed by atoms with E-state index in [2.05, 4.69) is 60.3 Å². The molecular weight excluding hydrogens is 374 g/mol. The van der Waals surface area contributed by atoms with Crippen LogP contribution in [-0.2, 0) is 6.54 Å². The van der Waals surface area contributed by atoms with Gasteiger partial charge in [-0.3, -0.25) is 0 Å². The van der Waals surface area contributed by atoms with Crippen LogP contribution in [0.2, 0.25) is 0 Å². The van der Waals surface area contributed by atoms with Gasteiger partial charge in [0.25, 0.3) is 0 Å². The van der Waals surface area contributed by atoms with Crippen molar-refractivity contribution >= 4 is 11.7 Å². The second-order valence-electron chi connectivity index (χ2n) is 7.93. The van der Waals surface area contributed by atoms with Gasteiger partial charge in [0.05, 0.1) is 12.6 Å². The Balaban J connectivity index is 1.59. The average molecular weight is 404 g/mol. The molecule has 5 heteroatoms. The van der Waals surface area contributed by atoms with Gasteiger partial charge < -0.3 is 19.5 Å². The van der Waals surface area contributed by atoms with E-state index in [1.807, 2.05) is 42.2 Å². The predicted octanol–water partition coefficient (Wildman–Crippen LogP) is 5.65. The summed E-state index contributed by atoms with van der Waals surface area (Å²) in [5, 5.41) is 3.09. The van der Waals surface area contributed by atoms with E-state index in [1.54, 1.807) is 0 Å². The Kier molecular flexibility index (Phi) is 5.79. The Morgan fingerprint density at radius 3 is 2.47 bits per heavy atom. The van der Waals surface area contributed by atoms with E-state index >= 15 is 0 Å². The summed E-state index contributed by atoms with van der Waals surface area (Å²) in [4.78, 5) is 15.2. The zero-order valence-corrected chi connectivity index (χ0v) is 17.8. The van der Waals surface area contributed by atoms with E-state index in [1.165, 1.54) is 5.56 Å². The van der Waals surface area contributed by atoms with Crippen LogP contribution in [0, 0.1) is 0 Å². The van der Waals surface area contributed by atoms with Crippen LogP contribution < -0.4 is 10.1 Å². The first kappa shape index (κ1) is 20.1. The Bertz CT molecular complexity index is 990. The fourth-order valence-corrected chi connectivity index (χ4v) is 4.01. The number of ether oxygens (including phenoxy) is 1. The van der Waals surface area contributed by atoms with E-state index in [9.17, 15) is 4.79 Å². The molecule has 1 aliphatic heterocycles. The van der Waals surface area contributed by atoms with Crippen molar-refractivity contribution in [2.24, 2.45) is 0 Å². The fourth-order valence-electron chi connectivity index (χ4n) is 4.01. The Morgan fingerprint density at radius 2 is 1.80 bits per heavy atom. The van der Waals surface area contributed by atoms with Crippen LogP contribution in [0.25, 0.3) is 0 Å². The number of anilines is 1. The molecule has 0 radical (unpaired) electrons. The predicted molar refractivity (Wildman–Crippen MR) is 120 cm³/mol. The van der Waals surface area contributed by atoms with Crippen LogP contribution >= 0.6 is 0 Å². The summed E-state index contributed by atoms with van der Waals surface area (Å²) >= 11 is 0. The molecule has 1 unspecified atom stereocenters. The number of nitrogens with one attached hydrogen (secondary N) is 1. The van der Waals surface area contributed by atoms with Crippen molar-refractivity contribution in [3.05, 3.63) is 83.7 Å². The molecule has 0 saturated heterocycles. The van der Waals surface area contributed by atoms with Crippen molar-refractivity contribution in [2.75, 3.05) is 18.5 Å². The Labute approximate surface area is 178 Å². The third-order valence-corrected chi connectivity index (χ3v) is 5.63. The third kappa shape index (κ3) is 4.06. The summed E-state index contributed by atoms with van der Waals surface area (Å²) in [6.07, 6.45) is 2.08. The smallest absolute Gasteiger partial charge is 0.322 e. The topological polar surface area (TPSA) is 46.5 Å². The van der Waals surface area contributed by atoms with E-state index < -0.39 is 0 Å². The first-order valence-electron chi connectivity index (χ1n) is 10.6. The lowest BCUT2D eigenvalue weighted by atomic mass is 10.00. The zero-order chi connectivity index (χ0) is 21.1. The lowest BCUT2D eigenvalue weighted by molar-refractivity contribution is 0.182. The summed E-state index contributed by atoms with van der Waals surface area (Å²) in [6, 6.07) is 20.1. The van der Waals surface area contributed by atoms with E-state index in [0.717, 1.165) is 29.2 Å². The molecule has 2 amide bonds. The van der Waals surface area contributed by atoms with Gasteiger partial charge in [-0.25, -0.2) is 4.79 Å². The van der Waals surface area contributed by atoms with Crippen molar-refractivity contribution in [1.82, 2.24) is 9.47 Å². The number of amides is 2. The van der Waals surface area contributed by atoms with Gasteiger partial charge in [0.15, 0.2) is 0 Å². The molecule has 3 aromatic rings. The number of aromatic nitrogens is 1. The molecule has 2 aromatic carbocycles. The summed E-state index contributed by atoms with van der Waals surface area (Å²) in [6.45, 7) is 8.37. The first-order valence-corrected chi connectivity index (χ1v) is 10.6. The number of carbonyl (C=O) groups is 1. The van der Waals surface area contributed by atoms with Gasteiger partial charge in [-0.15, -0.1) is 0 Å². The van der Waals surface area contributed by atoms with Crippen LogP contribution in [0.5, 0.6) is 5.75 Å². The molecule has 4 rings (SSSR count). The normalized spacial score (nSPS) is 15.7. The van der Waals surface area contributed by atoms with Gasteiger partial charge >= 0.3 is 6.03 Å². The quantitative estimate of drug-likeness (QED) is 0.599. The first-order chi connectivity index (χ1) is 14.6. The molecule has 30 heavy (non-hydrogen) atoms. The van der Waals surface area contributed by atoms with Crippen LogP contribution in [0.1, 0.15) is 49.6 Å². The lowest BCUT2D eigenvalue weighted by Gasteiger charge is -2.37. The highest BCUT2D eigenvalue weighted by atomic mass is 16.5. The number of hydrogen-bond acceptors (Lipinski definition) is 2. The molecule has 5 nitrogen and oxygen atoms in total. The summed E-state index contributed by atoms with van der Waals surface area (Å²) in [5.74, 6) is 1.31. The van der Waals surface area contributed by atoms with E-state index in [4.69, 9.17) is 4.74 Å². The van der Waals surface area contributed by atoms with Gasteiger partial charge in [0.2, 0.25) is 0 Å². The maximum Gasteiger partial charge on any atom is 0.322 e. The van der Waals surface area contributed by atoms with Crippen LogP contribution in [-0.4, -0.2) is 28.6 Å². The van der Waals surface area contributed by atoms with Crippen molar-refractivity contribution in [1.29, 1.82) is 0 Å². The third-order valence-electron chi connectivity index (χ3n) is 5.63. The number of benzene rings is 2. The summed E-state index contributed by atoms with van der Waals surface area (Å²) < 4.78 is 7.81. The maximum absolute atomic E-state index is 13.3. The monoisotopic (exact) mass is 403 g/mol. The molecule has 1 N–H and O–H groups in total. The lowest BCUT2D eigenvalue weighted by Crippen LogP contribution is -2.44. The minimum Gasteiger partial charge on any atom is -0.494 e. The highest BCUT2D eigenvalue weighted by molar-refractivity contribution is 5.90. The summed E-state index contributed by atoms with van der Waals surface area (Å²) in [5.41, 5.74) is 4.27. The molecule has 0 fully saturated rings. The van der Waals surface area contributed by atoms with Gasteiger partial charge in [-0.05, 0) is 60.4 Å². The Hall–Kier alpha value is -3.21. The number of rotatable bonds is 5. The van der Waals surface area contributed by atoms with Crippen molar-refractivity contribution < 1.29 is 9.53 Å². The molecule has 0 saturated carbocycles. The highest BCUT2D eigenvalue weighted by Crippen LogP contribution is 2.33. The zero-order valence-electron chi connectivity index (χ0n) is 17.8. The number of carbonyl (C=O) groups excluding carboxylic acids is 1. The SMILES string of the molecule is CCOc1ccc(C2c3cccn3CCN2C(=O)Nc2ccc(C(C)C)cc2)cc1. The largest absolute Gasteiger partial charge is 0.494 e. The fraction of sp³-hybridized carbons (Fsp3) is 0.320. The van der Waals surface area contributed by atoms with Crippen LogP contribution in [0.15, 0.2) is 66.9 Å². The minimum atomic E-state index is -0.139. The van der Waals surface area contributed by atoms with Crippen LogP contribution in [0.4, 0.5) is 10.5 Å². The van der Waals surface area contributed by atoms with Gasteiger partial charge in [0.1, 0.15) is 5.75 Å². The van der Waals surface area contributed by atoms with Crippen molar-refractivity contribution in [3.63, 3.8) is 0 Å². The second-order valence-corrected chi connectivity index (χ2v) is 7.93. The second kappa shape index (κ2) is 8.66. The molecule has 1 aromatic heterocycles. The number of hydrogen-bond donors (Lipinski definition) is 1. The standard InChI is InChI=1S/C25H29N3O2/c1-4-30-22-13-9-20(10-14-22)24-23-6-5-15-27(23)16-17-28(24)25(29)26-21-11-7-19(8-12-21)18(2)3/h5-15,18,24H,4,16-17H2,1-3H3,(H,26,29). The van der Waals surface area contributed by atoms with Crippen LogP contribution in [0.3, 0.4) is 0 Å². The minimum absolute atomic E-state index is 0.0846. The summed E-state index contributed by atoms with van der Waals surface area (Å²) in [7, 11) is 0. The molecule has 0 aliphatic carbocycles. The van der Waals surface area contributed by atoms with Gasteiger partial charge in [-0.1, -0.05) is 38.1 Å². The van der Waals surface area contributed by atoms with Crippen molar-refractivity contribution in [2.45, 2.75) is 39.3 Å². The molecule has 1 aliphatic rings. The molecule has 0 bridgehead atoms. The number of fused-ring (bicyclic) bond motifs is 1.